The predicted molar refractivity (Wildman–Crippen MR) is 78.4 cm³/mol. The largest absolute Gasteiger partial charge is 0.481 e. The third-order valence-corrected chi connectivity index (χ3v) is 4.89. The molecule has 3 rings (SSSR count). The molecule has 2 atom stereocenters. The van der Waals surface area contributed by atoms with E-state index in [0.29, 0.717) is 19.6 Å². The van der Waals surface area contributed by atoms with Crippen molar-refractivity contribution in [3.8, 4) is 0 Å². The van der Waals surface area contributed by atoms with Crippen LogP contribution in [0.5, 0.6) is 0 Å². The normalized spacial score (nSPS) is 28.0. The number of rotatable bonds is 2. The number of carbonyl (C=O) groups excluding carboxylic acids is 1. The molecule has 5 nitrogen and oxygen atoms in total. The summed E-state index contributed by atoms with van der Waals surface area (Å²) in [5.74, 6) is -2.19. The van der Waals surface area contributed by atoms with Crippen molar-refractivity contribution < 1.29 is 19.1 Å². The predicted octanol–water partition coefficient (Wildman–Crippen LogP) is 1.57. The van der Waals surface area contributed by atoms with Gasteiger partial charge in [-0.2, -0.15) is 0 Å². The summed E-state index contributed by atoms with van der Waals surface area (Å²) in [5, 5.41) is 9.82. The summed E-state index contributed by atoms with van der Waals surface area (Å²) >= 11 is 5.69. The molecule has 2 fully saturated rings. The minimum atomic E-state index is -0.951. The van der Waals surface area contributed by atoms with Crippen molar-refractivity contribution in [1.82, 2.24) is 9.80 Å². The van der Waals surface area contributed by atoms with E-state index in [2.05, 4.69) is 0 Å². The van der Waals surface area contributed by atoms with E-state index in [1.807, 2.05) is 11.9 Å². The maximum atomic E-state index is 13.9. The lowest BCUT2D eigenvalue weighted by Crippen LogP contribution is -2.41. The molecule has 1 N–H and O–H groups in total. The van der Waals surface area contributed by atoms with Gasteiger partial charge in [0.25, 0.3) is 5.91 Å². The van der Waals surface area contributed by atoms with Crippen LogP contribution < -0.4 is 0 Å². The monoisotopic (exact) mass is 326 g/mol. The first-order valence-electron chi connectivity index (χ1n) is 7.00. The summed E-state index contributed by atoms with van der Waals surface area (Å²) < 4.78 is 13.9. The molecule has 7 heteroatoms. The third-order valence-electron chi connectivity index (χ3n) is 4.65. The van der Waals surface area contributed by atoms with Crippen LogP contribution in [-0.2, 0) is 4.79 Å². The average Bonchev–Trinajstić information content (AvgIpc) is 2.91. The number of carbonyl (C=O) groups is 2. The molecule has 1 aromatic rings. The zero-order chi connectivity index (χ0) is 16.1. The van der Waals surface area contributed by atoms with E-state index in [-0.39, 0.29) is 23.0 Å². The molecule has 2 heterocycles. The molecule has 0 radical (unpaired) electrons. The molecular weight excluding hydrogens is 311 g/mol. The number of likely N-dealkylation sites (tertiary alicyclic amines) is 2. The minimum Gasteiger partial charge on any atom is -0.481 e. The van der Waals surface area contributed by atoms with E-state index in [1.165, 1.54) is 17.0 Å². The zero-order valence-corrected chi connectivity index (χ0v) is 12.8. The van der Waals surface area contributed by atoms with Gasteiger partial charge in [-0.15, -0.1) is 0 Å². The Hall–Kier alpha value is -1.66. The SMILES string of the molecule is CN1CC2CN(C(=O)c3ccc(Cl)cc3F)C[C@@]2(C(=O)O)C1. The van der Waals surface area contributed by atoms with Gasteiger partial charge in [0, 0.05) is 37.1 Å². The maximum Gasteiger partial charge on any atom is 0.313 e. The molecule has 22 heavy (non-hydrogen) atoms. The van der Waals surface area contributed by atoms with Crippen LogP contribution in [0.3, 0.4) is 0 Å². The zero-order valence-electron chi connectivity index (χ0n) is 12.1. The van der Waals surface area contributed by atoms with Crippen LogP contribution in [0, 0.1) is 17.2 Å². The summed E-state index contributed by atoms with van der Waals surface area (Å²) in [6.45, 7) is 1.47. The molecule has 0 aliphatic carbocycles. The number of carboxylic acid groups (broad SMARTS) is 1. The lowest BCUT2D eigenvalue weighted by Gasteiger charge is -2.24. The van der Waals surface area contributed by atoms with Crippen LogP contribution >= 0.6 is 11.6 Å². The molecule has 118 valence electrons. The van der Waals surface area contributed by atoms with E-state index >= 15 is 0 Å². The number of benzene rings is 1. The third kappa shape index (κ3) is 2.27. The molecular formula is C15H16ClFN2O3. The van der Waals surface area contributed by atoms with Crippen LogP contribution in [0.4, 0.5) is 4.39 Å². The van der Waals surface area contributed by atoms with Crippen molar-refractivity contribution in [2.75, 3.05) is 33.2 Å². The standard InChI is InChI=1S/C15H16ClFN2O3/c1-18-5-9-6-19(8-15(9,7-18)14(21)22)13(20)11-3-2-10(16)4-12(11)17/h2-4,9H,5-8H2,1H3,(H,21,22)/t9?,15-/m0/s1. The van der Waals surface area contributed by atoms with E-state index in [0.717, 1.165) is 6.07 Å². The van der Waals surface area contributed by atoms with Crippen molar-refractivity contribution >= 4 is 23.5 Å². The molecule has 0 aromatic heterocycles. The smallest absolute Gasteiger partial charge is 0.313 e. The lowest BCUT2D eigenvalue weighted by atomic mass is 9.81. The van der Waals surface area contributed by atoms with Gasteiger partial charge in [0.2, 0.25) is 0 Å². The fourth-order valence-corrected chi connectivity index (χ4v) is 3.77. The van der Waals surface area contributed by atoms with E-state index in [9.17, 15) is 19.1 Å². The first-order valence-corrected chi connectivity index (χ1v) is 7.37. The highest BCUT2D eigenvalue weighted by atomic mass is 35.5. The average molecular weight is 327 g/mol. The van der Waals surface area contributed by atoms with Crippen molar-refractivity contribution in [1.29, 1.82) is 0 Å². The topological polar surface area (TPSA) is 60.9 Å². The number of carboxylic acids is 1. The summed E-state index contributed by atoms with van der Waals surface area (Å²) in [7, 11) is 1.87. The number of halogens is 2. The first kappa shape index (κ1) is 15.2. The van der Waals surface area contributed by atoms with Crippen LogP contribution in [0.1, 0.15) is 10.4 Å². The van der Waals surface area contributed by atoms with Crippen molar-refractivity contribution in [3.63, 3.8) is 0 Å². The fourth-order valence-electron chi connectivity index (χ4n) is 3.61. The van der Waals surface area contributed by atoms with Gasteiger partial charge in [-0.1, -0.05) is 11.6 Å². The highest BCUT2D eigenvalue weighted by Crippen LogP contribution is 2.42. The molecule has 2 aliphatic rings. The van der Waals surface area contributed by atoms with Crippen molar-refractivity contribution in [3.05, 3.63) is 34.6 Å². The summed E-state index contributed by atoms with van der Waals surface area (Å²) in [6, 6.07) is 3.88. The molecule has 2 aliphatic heterocycles. The molecule has 0 bridgehead atoms. The molecule has 2 saturated heterocycles. The second-order valence-electron chi connectivity index (χ2n) is 6.16. The Kier molecular flexibility index (Phi) is 3.61. The second kappa shape index (κ2) is 5.21. The first-order chi connectivity index (χ1) is 10.3. The van der Waals surface area contributed by atoms with Gasteiger partial charge in [0.15, 0.2) is 0 Å². The minimum absolute atomic E-state index is 0.0710. The number of hydrogen-bond acceptors (Lipinski definition) is 3. The van der Waals surface area contributed by atoms with E-state index < -0.39 is 23.1 Å². The van der Waals surface area contributed by atoms with Crippen LogP contribution in [-0.4, -0.2) is 60.0 Å². The lowest BCUT2D eigenvalue weighted by molar-refractivity contribution is -0.148. The van der Waals surface area contributed by atoms with Crippen LogP contribution in [0.2, 0.25) is 5.02 Å². The molecule has 0 spiro atoms. The molecule has 1 aromatic carbocycles. The van der Waals surface area contributed by atoms with Gasteiger partial charge in [0.05, 0.1) is 5.56 Å². The number of hydrogen-bond donors (Lipinski definition) is 1. The van der Waals surface area contributed by atoms with Gasteiger partial charge in [-0.25, -0.2) is 4.39 Å². The Morgan fingerprint density at radius 1 is 1.36 bits per heavy atom. The number of amides is 1. The Bertz CT molecular complexity index is 654. The van der Waals surface area contributed by atoms with Gasteiger partial charge in [0.1, 0.15) is 11.2 Å². The van der Waals surface area contributed by atoms with E-state index in [4.69, 9.17) is 11.6 Å². The van der Waals surface area contributed by atoms with Gasteiger partial charge < -0.3 is 14.9 Å². The van der Waals surface area contributed by atoms with Crippen LogP contribution in [0.15, 0.2) is 18.2 Å². The number of fused-ring (bicyclic) bond motifs is 1. The van der Waals surface area contributed by atoms with Gasteiger partial charge >= 0.3 is 5.97 Å². The Morgan fingerprint density at radius 2 is 2.09 bits per heavy atom. The Morgan fingerprint density at radius 3 is 2.68 bits per heavy atom. The molecule has 1 amide bonds. The fraction of sp³-hybridized carbons (Fsp3) is 0.467. The van der Waals surface area contributed by atoms with E-state index in [1.54, 1.807) is 0 Å². The number of nitrogens with zero attached hydrogens (tertiary/aromatic N) is 2. The van der Waals surface area contributed by atoms with Crippen molar-refractivity contribution in [2.24, 2.45) is 11.3 Å². The Balaban J connectivity index is 1.86. The van der Waals surface area contributed by atoms with Crippen molar-refractivity contribution in [2.45, 2.75) is 0 Å². The highest BCUT2D eigenvalue weighted by Gasteiger charge is 2.57. The van der Waals surface area contributed by atoms with Gasteiger partial charge in [-0.3, -0.25) is 9.59 Å². The molecule has 0 saturated carbocycles. The summed E-state index contributed by atoms with van der Waals surface area (Å²) in [5.41, 5.74) is -1.02. The highest BCUT2D eigenvalue weighted by molar-refractivity contribution is 6.30. The quantitative estimate of drug-likeness (QED) is 0.896. The Labute approximate surface area is 132 Å². The van der Waals surface area contributed by atoms with Gasteiger partial charge in [-0.05, 0) is 25.2 Å². The molecule has 1 unspecified atom stereocenters. The maximum absolute atomic E-state index is 13.9. The summed E-state index contributed by atoms with van der Waals surface area (Å²) in [4.78, 5) is 27.6. The van der Waals surface area contributed by atoms with Crippen LogP contribution in [0.25, 0.3) is 0 Å². The summed E-state index contributed by atoms with van der Waals surface area (Å²) in [6.07, 6.45) is 0. The second-order valence-corrected chi connectivity index (χ2v) is 6.60. The number of aliphatic carboxylic acids is 1.